The Morgan fingerprint density at radius 3 is 2.70 bits per heavy atom. The van der Waals surface area contributed by atoms with Crippen LogP contribution in [0.15, 0.2) is 48.8 Å². The van der Waals surface area contributed by atoms with Gasteiger partial charge >= 0.3 is 0 Å². The number of anilines is 1. The predicted molar refractivity (Wildman–Crippen MR) is 114 cm³/mol. The number of aromatic amines is 1. The van der Waals surface area contributed by atoms with Crippen molar-refractivity contribution in [1.29, 1.82) is 0 Å². The van der Waals surface area contributed by atoms with Gasteiger partial charge in [0.15, 0.2) is 0 Å². The van der Waals surface area contributed by atoms with Gasteiger partial charge in [0, 0.05) is 55.5 Å². The maximum absolute atomic E-state index is 5.78. The van der Waals surface area contributed by atoms with Crippen molar-refractivity contribution in [3.8, 4) is 5.75 Å². The Labute approximate surface area is 170 Å². The molecule has 5 nitrogen and oxygen atoms in total. The molecule has 4 rings (SSSR count). The first kappa shape index (κ1) is 19.8. The fourth-order valence-corrected chi connectivity index (χ4v) is 3.59. The van der Waals surface area contributed by atoms with E-state index in [4.69, 9.17) is 16.3 Å². The van der Waals surface area contributed by atoms with Crippen LogP contribution in [-0.2, 0) is 0 Å². The van der Waals surface area contributed by atoms with Gasteiger partial charge < -0.3 is 14.6 Å². The number of piperazine rings is 1. The Balaban J connectivity index is 0.00000210. The summed E-state index contributed by atoms with van der Waals surface area (Å²) < 4.78 is 5.72. The summed E-state index contributed by atoms with van der Waals surface area (Å²) >= 11 is 5.78. The van der Waals surface area contributed by atoms with Crippen LogP contribution in [0.2, 0.25) is 5.15 Å². The van der Waals surface area contributed by atoms with E-state index < -0.39 is 0 Å². The molecule has 1 aromatic carbocycles. The largest absolute Gasteiger partial charge is 0.492 e. The number of ether oxygens (including phenoxy) is 1. The first-order chi connectivity index (χ1) is 12.8. The number of fused-ring (bicyclic) bond motifs is 1. The van der Waals surface area contributed by atoms with Gasteiger partial charge in [-0.1, -0.05) is 17.7 Å². The summed E-state index contributed by atoms with van der Waals surface area (Å²) in [5.41, 5.74) is 2.54. The van der Waals surface area contributed by atoms with Crippen molar-refractivity contribution >= 4 is 40.6 Å². The topological polar surface area (TPSA) is 44.4 Å². The Kier molecular flexibility index (Phi) is 6.83. The maximum Gasteiger partial charge on any atom is 0.137 e. The Morgan fingerprint density at radius 2 is 1.93 bits per heavy atom. The van der Waals surface area contributed by atoms with Gasteiger partial charge in [-0.25, -0.2) is 4.98 Å². The van der Waals surface area contributed by atoms with Gasteiger partial charge in [-0.05, 0) is 36.8 Å². The van der Waals surface area contributed by atoms with Gasteiger partial charge in [0.1, 0.15) is 10.9 Å². The third-order valence-electron chi connectivity index (χ3n) is 4.87. The quantitative estimate of drug-likeness (QED) is 0.491. The van der Waals surface area contributed by atoms with Crippen LogP contribution in [-0.4, -0.2) is 54.2 Å². The van der Waals surface area contributed by atoms with Crippen molar-refractivity contribution in [1.82, 2.24) is 14.9 Å². The van der Waals surface area contributed by atoms with Gasteiger partial charge in [-0.3, -0.25) is 4.90 Å². The number of nitrogens with one attached hydrogen (secondary N) is 1. The van der Waals surface area contributed by atoms with E-state index in [1.165, 1.54) is 16.6 Å². The van der Waals surface area contributed by atoms with Crippen LogP contribution in [0, 0.1) is 0 Å². The molecule has 0 spiro atoms. The number of halogens is 2. The third kappa shape index (κ3) is 4.86. The average molecular weight is 407 g/mol. The lowest BCUT2D eigenvalue weighted by Crippen LogP contribution is -2.46. The SMILES string of the molecule is Cl.Clc1ccc(OCCCN2CCN(c3cccc4[nH]ccc34)CC2)cn1. The highest BCUT2D eigenvalue weighted by Gasteiger charge is 2.18. The molecule has 0 amide bonds. The fraction of sp³-hybridized carbons (Fsp3) is 0.350. The van der Waals surface area contributed by atoms with Crippen molar-refractivity contribution in [2.45, 2.75) is 6.42 Å². The lowest BCUT2D eigenvalue weighted by Gasteiger charge is -2.36. The number of pyridine rings is 1. The Morgan fingerprint density at radius 1 is 1.07 bits per heavy atom. The van der Waals surface area contributed by atoms with Gasteiger partial charge in [0.25, 0.3) is 0 Å². The number of benzene rings is 1. The molecule has 1 saturated heterocycles. The van der Waals surface area contributed by atoms with Gasteiger partial charge in [0.05, 0.1) is 12.8 Å². The number of aromatic nitrogens is 2. The van der Waals surface area contributed by atoms with E-state index in [2.05, 4.69) is 44.0 Å². The average Bonchev–Trinajstić information content (AvgIpc) is 3.16. The number of hydrogen-bond acceptors (Lipinski definition) is 4. The smallest absolute Gasteiger partial charge is 0.137 e. The van der Waals surface area contributed by atoms with Crippen LogP contribution < -0.4 is 9.64 Å². The van der Waals surface area contributed by atoms with E-state index in [1.54, 1.807) is 12.3 Å². The minimum atomic E-state index is 0. The van der Waals surface area contributed by atoms with Crippen LogP contribution in [0.3, 0.4) is 0 Å². The first-order valence-corrected chi connectivity index (χ1v) is 9.45. The summed E-state index contributed by atoms with van der Waals surface area (Å²) in [6.45, 7) is 6.06. The lowest BCUT2D eigenvalue weighted by atomic mass is 10.1. The highest BCUT2D eigenvalue weighted by Crippen LogP contribution is 2.26. The molecule has 1 fully saturated rings. The minimum Gasteiger partial charge on any atom is -0.492 e. The molecule has 144 valence electrons. The lowest BCUT2D eigenvalue weighted by molar-refractivity contribution is 0.224. The van der Waals surface area contributed by atoms with Crippen molar-refractivity contribution in [3.05, 3.63) is 53.9 Å². The molecule has 0 radical (unpaired) electrons. The third-order valence-corrected chi connectivity index (χ3v) is 5.10. The Bertz CT molecular complexity index is 845. The molecule has 0 saturated carbocycles. The van der Waals surface area contributed by atoms with E-state index in [0.29, 0.717) is 11.8 Å². The molecule has 0 aliphatic carbocycles. The second-order valence-corrected chi connectivity index (χ2v) is 6.95. The number of hydrogen-bond donors (Lipinski definition) is 1. The van der Waals surface area contributed by atoms with Crippen LogP contribution in [0.4, 0.5) is 5.69 Å². The standard InChI is InChI=1S/C20H23ClN4O.ClH/c21-20-6-5-16(15-23-20)26-14-2-9-24-10-12-25(13-11-24)19-4-1-3-18-17(19)7-8-22-18;/h1,3-8,15,22H,2,9-14H2;1H. The Hall–Kier alpha value is -1.95. The molecular weight excluding hydrogens is 383 g/mol. The molecule has 3 heterocycles. The predicted octanol–water partition coefficient (Wildman–Crippen LogP) is 4.23. The zero-order valence-electron chi connectivity index (χ0n) is 15.1. The van der Waals surface area contributed by atoms with E-state index in [1.807, 2.05) is 12.3 Å². The summed E-state index contributed by atoms with van der Waals surface area (Å²) in [5, 5.41) is 1.80. The fourth-order valence-electron chi connectivity index (χ4n) is 3.48. The summed E-state index contributed by atoms with van der Waals surface area (Å²) in [6, 6.07) is 12.3. The molecule has 7 heteroatoms. The van der Waals surface area contributed by atoms with Crippen molar-refractivity contribution in [2.24, 2.45) is 0 Å². The maximum atomic E-state index is 5.78. The van der Waals surface area contributed by atoms with Crippen LogP contribution in [0.1, 0.15) is 6.42 Å². The van der Waals surface area contributed by atoms with E-state index in [-0.39, 0.29) is 12.4 Å². The van der Waals surface area contributed by atoms with Crippen LogP contribution in [0.25, 0.3) is 10.9 Å². The van der Waals surface area contributed by atoms with Crippen LogP contribution in [0.5, 0.6) is 5.75 Å². The van der Waals surface area contributed by atoms with Crippen LogP contribution >= 0.6 is 24.0 Å². The summed E-state index contributed by atoms with van der Waals surface area (Å²) in [4.78, 5) is 12.3. The van der Waals surface area contributed by atoms with Gasteiger partial charge in [-0.2, -0.15) is 0 Å². The molecule has 27 heavy (non-hydrogen) atoms. The molecule has 1 aliphatic rings. The van der Waals surface area contributed by atoms with Crippen molar-refractivity contribution < 1.29 is 4.74 Å². The highest BCUT2D eigenvalue weighted by molar-refractivity contribution is 6.29. The first-order valence-electron chi connectivity index (χ1n) is 9.07. The zero-order chi connectivity index (χ0) is 17.8. The zero-order valence-corrected chi connectivity index (χ0v) is 16.7. The van der Waals surface area contributed by atoms with Gasteiger partial charge in [-0.15, -0.1) is 12.4 Å². The monoisotopic (exact) mass is 406 g/mol. The molecule has 0 bridgehead atoms. The van der Waals surface area contributed by atoms with Gasteiger partial charge in [0.2, 0.25) is 0 Å². The van der Waals surface area contributed by atoms with Crippen molar-refractivity contribution in [3.63, 3.8) is 0 Å². The molecule has 0 atom stereocenters. The van der Waals surface area contributed by atoms with E-state index >= 15 is 0 Å². The van der Waals surface area contributed by atoms with E-state index in [0.717, 1.165) is 44.9 Å². The number of rotatable bonds is 6. The minimum absolute atomic E-state index is 0. The summed E-state index contributed by atoms with van der Waals surface area (Å²) in [5.74, 6) is 0.777. The number of nitrogens with zero attached hydrogens (tertiary/aromatic N) is 3. The molecule has 2 aromatic heterocycles. The molecule has 0 unspecified atom stereocenters. The molecular formula is C20H24Cl2N4O. The summed E-state index contributed by atoms with van der Waals surface area (Å²) in [7, 11) is 0. The molecule has 3 aromatic rings. The molecule has 1 aliphatic heterocycles. The normalized spacial score (nSPS) is 14.9. The highest BCUT2D eigenvalue weighted by atomic mass is 35.5. The molecule has 1 N–H and O–H groups in total. The van der Waals surface area contributed by atoms with Crippen molar-refractivity contribution in [2.75, 3.05) is 44.2 Å². The second kappa shape index (κ2) is 9.31. The summed E-state index contributed by atoms with van der Waals surface area (Å²) in [6.07, 6.45) is 4.69. The van der Waals surface area contributed by atoms with E-state index in [9.17, 15) is 0 Å². The number of H-pyrrole nitrogens is 1. The second-order valence-electron chi connectivity index (χ2n) is 6.56.